The first-order valence-corrected chi connectivity index (χ1v) is 13.9. The third-order valence-corrected chi connectivity index (χ3v) is 8.27. The second-order valence-electron chi connectivity index (χ2n) is 10.7. The molecule has 0 aromatic heterocycles. The van der Waals surface area contributed by atoms with E-state index in [1.807, 2.05) is 25.2 Å². The zero-order valence-electron chi connectivity index (χ0n) is 22.1. The molecule has 0 fully saturated rings. The number of hydrogen-bond donors (Lipinski definition) is 4. The minimum Gasteiger partial charge on any atom is -0.480 e. The number of aliphatic hydroxyl groups excluding tert-OH is 1. The van der Waals surface area contributed by atoms with Gasteiger partial charge in [0.25, 0.3) is 5.91 Å². The summed E-state index contributed by atoms with van der Waals surface area (Å²) >= 11 is 0. The Labute approximate surface area is 227 Å². The number of nitrogens with one attached hydrogen (secondary N) is 2. The highest BCUT2D eigenvalue weighted by Gasteiger charge is 2.39. The fourth-order valence-electron chi connectivity index (χ4n) is 4.68. The number of benzene rings is 2. The molecule has 4 rings (SSSR count). The fourth-order valence-corrected chi connectivity index (χ4v) is 6.08. The number of fused-ring (bicyclic) bond motifs is 1. The topological polar surface area (TPSA) is 142 Å². The Bertz CT molecular complexity index is 1460. The number of carbonyl (C=O) groups is 2. The number of aliphatic hydroxyl groups is 1. The highest BCUT2D eigenvalue weighted by atomic mass is 32.2. The average molecular weight is 553 g/mol. The molecule has 0 bridgehead atoms. The van der Waals surface area contributed by atoms with Crippen LogP contribution in [-0.4, -0.2) is 49.3 Å². The summed E-state index contributed by atoms with van der Waals surface area (Å²) in [6.07, 6.45) is 5.21. The van der Waals surface area contributed by atoms with E-state index in [1.54, 1.807) is 57.2 Å². The van der Waals surface area contributed by atoms with E-state index >= 15 is 0 Å². The van der Waals surface area contributed by atoms with E-state index in [-0.39, 0.29) is 35.2 Å². The van der Waals surface area contributed by atoms with Crippen molar-refractivity contribution in [2.75, 3.05) is 11.9 Å². The van der Waals surface area contributed by atoms with Gasteiger partial charge >= 0.3 is 5.97 Å². The lowest BCUT2D eigenvalue weighted by Gasteiger charge is -2.27. The molecule has 10 heteroatoms. The maximum atomic E-state index is 12.9. The number of rotatable bonds is 8. The summed E-state index contributed by atoms with van der Waals surface area (Å²) in [6, 6.07) is 11.9. The molecule has 39 heavy (non-hydrogen) atoms. The SMILES string of the molecule is CC1=C(C(=O)Nc2ccc(-c3ccc(S(=O)(=O)N[C@H](C(=O)O)C(C)(C)C)cc3)cc2)OC2C=CC=C(CO)C12. The molecule has 1 amide bonds. The third kappa shape index (κ3) is 5.98. The number of sulfonamides is 1. The summed E-state index contributed by atoms with van der Waals surface area (Å²) in [7, 11) is -4.05. The molecule has 0 spiro atoms. The van der Waals surface area contributed by atoms with Gasteiger partial charge in [0, 0.05) is 11.6 Å². The van der Waals surface area contributed by atoms with Crippen LogP contribution in [-0.2, 0) is 24.3 Å². The van der Waals surface area contributed by atoms with Crippen LogP contribution in [0.25, 0.3) is 11.1 Å². The molecule has 206 valence electrons. The Hall–Kier alpha value is -3.73. The van der Waals surface area contributed by atoms with Gasteiger partial charge in [-0.1, -0.05) is 57.2 Å². The van der Waals surface area contributed by atoms with Crippen molar-refractivity contribution in [3.8, 4) is 11.1 Å². The van der Waals surface area contributed by atoms with Crippen molar-refractivity contribution in [2.45, 2.75) is 44.7 Å². The largest absolute Gasteiger partial charge is 0.480 e. The number of aliphatic carboxylic acids is 1. The van der Waals surface area contributed by atoms with Crippen LogP contribution < -0.4 is 10.0 Å². The molecular formula is C29H32N2O7S. The zero-order chi connectivity index (χ0) is 28.5. The van der Waals surface area contributed by atoms with E-state index in [2.05, 4.69) is 10.0 Å². The van der Waals surface area contributed by atoms with Gasteiger partial charge in [-0.25, -0.2) is 8.42 Å². The van der Waals surface area contributed by atoms with E-state index in [9.17, 15) is 28.2 Å². The Morgan fingerprint density at radius 1 is 1.03 bits per heavy atom. The summed E-state index contributed by atoms with van der Waals surface area (Å²) in [4.78, 5) is 24.5. The molecular weight excluding hydrogens is 520 g/mol. The van der Waals surface area contributed by atoms with Crippen LogP contribution in [0.15, 0.2) is 88.6 Å². The molecule has 1 aliphatic heterocycles. The van der Waals surface area contributed by atoms with Gasteiger partial charge in [-0.05, 0) is 65.0 Å². The van der Waals surface area contributed by atoms with E-state index in [1.165, 1.54) is 12.1 Å². The lowest BCUT2D eigenvalue weighted by molar-refractivity contribution is -0.141. The highest BCUT2D eigenvalue weighted by molar-refractivity contribution is 7.89. The minimum absolute atomic E-state index is 0.0412. The van der Waals surface area contributed by atoms with Gasteiger partial charge in [0.15, 0.2) is 5.76 Å². The molecule has 0 saturated carbocycles. The Morgan fingerprint density at radius 2 is 1.62 bits per heavy atom. The fraction of sp³-hybridized carbons (Fsp3) is 0.310. The smallest absolute Gasteiger partial charge is 0.322 e. The number of amides is 1. The molecule has 2 aromatic rings. The number of anilines is 1. The van der Waals surface area contributed by atoms with Crippen LogP contribution in [0, 0.1) is 11.3 Å². The maximum absolute atomic E-state index is 12.9. The summed E-state index contributed by atoms with van der Waals surface area (Å²) in [5.74, 6) is -1.55. The van der Waals surface area contributed by atoms with E-state index in [4.69, 9.17) is 4.74 Å². The van der Waals surface area contributed by atoms with Crippen LogP contribution in [0.5, 0.6) is 0 Å². The Morgan fingerprint density at radius 3 is 2.15 bits per heavy atom. The second kappa shape index (κ2) is 10.8. The molecule has 2 aromatic carbocycles. The molecule has 9 nitrogen and oxygen atoms in total. The molecule has 2 unspecified atom stereocenters. The number of allylic oxidation sites excluding steroid dienone is 2. The zero-order valence-corrected chi connectivity index (χ0v) is 23.0. The van der Waals surface area contributed by atoms with Crippen molar-refractivity contribution in [3.63, 3.8) is 0 Å². The summed E-state index contributed by atoms with van der Waals surface area (Å²) in [6.45, 7) is 6.67. The van der Waals surface area contributed by atoms with Gasteiger partial charge in [0.2, 0.25) is 10.0 Å². The van der Waals surface area contributed by atoms with Gasteiger partial charge < -0.3 is 20.3 Å². The minimum atomic E-state index is -4.05. The Kier molecular flexibility index (Phi) is 7.83. The first-order valence-electron chi connectivity index (χ1n) is 12.4. The van der Waals surface area contributed by atoms with E-state index in [0.717, 1.165) is 22.3 Å². The predicted molar refractivity (Wildman–Crippen MR) is 147 cm³/mol. The predicted octanol–water partition coefficient (Wildman–Crippen LogP) is 3.85. The molecule has 4 N–H and O–H groups in total. The van der Waals surface area contributed by atoms with Crippen molar-refractivity contribution in [1.82, 2.24) is 4.72 Å². The monoisotopic (exact) mass is 552 g/mol. The second-order valence-corrected chi connectivity index (χ2v) is 12.4. The summed E-state index contributed by atoms with van der Waals surface area (Å²) < 4.78 is 33.7. The Balaban J connectivity index is 1.45. The molecule has 1 heterocycles. The molecule has 1 aliphatic carbocycles. The first kappa shape index (κ1) is 28.3. The van der Waals surface area contributed by atoms with Crippen molar-refractivity contribution < 1.29 is 33.0 Å². The number of carbonyl (C=O) groups excluding carboxylic acids is 1. The average Bonchev–Trinajstić information content (AvgIpc) is 3.24. The maximum Gasteiger partial charge on any atom is 0.322 e. The van der Waals surface area contributed by atoms with Gasteiger partial charge in [-0.15, -0.1) is 0 Å². The van der Waals surface area contributed by atoms with Crippen molar-refractivity contribution in [1.29, 1.82) is 0 Å². The van der Waals surface area contributed by atoms with Crippen LogP contribution in [0.3, 0.4) is 0 Å². The molecule has 2 aliphatic rings. The lowest BCUT2D eigenvalue weighted by Crippen LogP contribution is -2.48. The standard InChI is InChI=1S/C29H32N2O7S/c1-17-24-20(16-32)6-5-7-23(24)38-25(17)27(33)30-21-12-8-18(9-13-21)19-10-14-22(15-11-19)39(36,37)31-26(28(34)35)29(2,3)4/h5-15,23-24,26,31-32H,16H2,1-4H3,(H,30,33)(H,34,35)/t23?,24?,26-/m1/s1. The number of carboxylic acid groups (broad SMARTS) is 1. The number of hydrogen-bond acceptors (Lipinski definition) is 6. The highest BCUT2D eigenvalue weighted by Crippen LogP contribution is 2.39. The third-order valence-electron chi connectivity index (χ3n) is 6.83. The van der Waals surface area contributed by atoms with Crippen molar-refractivity contribution in [3.05, 3.63) is 83.7 Å². The quantitative estimate of drug-likeness (QED) is 0.390. The summed E-state index contributed by atoms with van der Waals surface area (Å²) in [5, 5.41) is 21.9. The van der Waals surface area contributed by atoms with E-state index < -0.39 is 27.4 Å². The number of ether oxygens (including phenoxy) is 1. The van der Waals surface area contributed by atoms with Crippen LogP contribution >= 0.6 is 0 Å². The summed E-state index contributed by atoms with van der Waals surface area (Å²) in [5.41, 5.74) is 2.85. The van der Waals surface area contributed by atoms with Crippen LogP contribution in [0.1, 0.15) is 27.7 Å². The van der Waals surface area contributed by atoms with Crippen LogP contribution in [0.2, 0.25) is 0 Å². The van der Waals surface area contributed by atoms with Crippen molar-refractivity contribution >= 4 is 27.6 Å². The van der Waals surface area contributed by atoms with Crippen molar-refractivity contribution in [2.24, 2.45) is 11.3 Å². The molecule has 0 saturated heterocycles. The lowest BCUT2D eigenvalue weighted by atomic mass is 9.85. The van der Waals surface area contributed by atoms with Gasteiger partial charge in [0.05, 0.1) is 11.5 Å². The molecule has 3 atom stereocenters. The van der Waals surface area contributed by atoms with Gasteiger partial charge in [-0.2, -0.15) is 4.72 Å². The molecule has 0 radical (unpaired) electrons. The van der Waals surface area contributed by atoms with Crippen LogP contribution in [0.4, 0.5) is 5.69 Å². The van der Waals surface area contributed by atoms with Gasteiger partial charge in [-0.3, -0.25) is 9.59 Å². The normalized spacial score (nSPS) is 19.7. The first-order chi connectivity index (χ1) is 18.3. The van der Waals surface area contributed by atoms with Gasteiger partial charge in [0.1, 0.15) is 12.1 Å². The number of carboxylic acids is 1. The van der Waals surface area contributed by atoms with E-state index in [0.29, 0.717) is 5.69 Å².